The number of methoxy groups -OCH3 is 1. The zero-order valence-electron chi connectivity index (χ0n) is 14.9. The van der Waals surface area contributed by atoms with Crippen molar-refractivity contribution in [3.63, 3.8) is 0 Å². The quantitative estimate of drug-likeness (QED) is 0.535. The van der Waals surface area contributed by atoms with Crippen molar-refractivity contribution in [1.29, 1.82) is 0 Å². The van der Waals surface area contributed by atoms with Gasteiger partial charge in [0.15, 0.2) is 0 Å². The average Bonchev–Trinajstić information content (AvgIpc) is 2.71. The minimum absolute atomic E-state index is 0.114. The zero-order valence-corrected chi connectivity index (χ0v) is 14.9. The summed E-state index contributed by atoms with van der Waals surface area (Å²) in [5, 5.41) is 13.8. The number of para-hydroxylation sites is 2. The molecular formula is C21H16N2O5. The summed E-state index contributed by atoms with van der Waals surface area (Å²) in [4.78, 5) is 23.7. The van der Waals surface area contributed by atoms with Crippen LogP contribution in [-0.2, 0) is 4.79 Å². The maximum Gasteiger partial charge on any atom is 0.273 e. The van der Waals surface area contributed by atoms with Gasteiger partial charge in [0.1, 0.15) is 17.2 Å². The first kappa shape index (κ1) is 17.5. The minimum Gasteiger partial charge on any atom is -0.494 e. The van der Waals surface area contributed by atoms with Crippen LogP contribution in [0.3, 0.4) is 0 Å². The first-order chi connectivity index (χ1) is 13.6. The number of hydrogen-bond acceptors (Lipinski definition) is 5. The standard InChI is InChI=1S/C21H16N2O5/c1-27-19-12-13(23(25)26)10-11-16(19)22-21(24)20-14-6-2-4-8-17(14)28-18-9-5-3-7-15(18)20/h2-12,20H,1H3,(H,22,24). The van der Waals surface area contributed by atoms with E-state index < -0.39 is 10.8 Å². The molecule has 0 atom stereocenters. The van der Waals surface area contributed by atoms with Crippen LogP contribution in [0, 0.1) is 10.1 Å². The minimum atomic E-state index is -0.582. The predicted molar refractivity (Wildman–Crippen MR) is 103 cm³/mol. The average molecular weight is 376 g/mol. The number of rotatable bonds is 4. The Hall–Kier alpha value is -3.87. The molecule has 1 amide bonds. The van der Waals surface area contributed by atoms with E-state index in [0.717, 1.165) is 11.1 Å². The van der Waals surface area contributed by atoms with Gasteiger partial charge in [-0.3, -0.25) is 14.9 Å². The predicted octanol–water partition coefficient (Wildman–Crippen LogP) is 4.48. The maximum absolute atomic E-state index is 13.2. The van der Waals surface area contributed by atoms with Gasteiger partial charge in [-0.05, 0) is 18.2 Å². The second-order valence-corrected chi connectivity index (χ2v) is 6.24. The van der Waals surface area contributed by atoms with E-state index in [1.54, 1.807) is 0 Å². The highest BCUT2D eigenvalue weighted by Crippen LogP contribution is 2.44. The van der Waals surface area contributed by atoms with Gasteiger partial charge < -0.3 is 14.8 Å². The van der Waals surface area contributed by atoms with Crippen molar-refractivity contribution in [3.8, 4) is 17.2 Å². The van der Waals surface area contributed by atoms with Gasteiger partial charge in [0.05, 0.1) is 29.7 Å². The molecule has 7 heteroatoms. The third-order valence-corrected chi connectivity index (χ3v) is 4.60. The molecule has 1 heterocycles. The molecule has 1 aliphatic rings. The Morgan fingerprint density at radius 3 is 2.21 bits per heavy atom. The number of nitrogens with zero attached hydrogens (tertiary/aromatic N) is 1. The number of hydrogen-bond donors (Lipinski definition) is 1. The Kier molecular flexibility index (Phi) is 4.41. The summed E-state index contributed by atoms with van der Waals surface area (Å²) >= 11 is 0. The van der Waals surface area contributed by atoms with Crippen LogP contribution < -0.4 is 14.8 Å². The number of amides is 1. The molecular weight excluding hydrogens is 360 g/mol. The Balaban J connectivity index is 1.72. The summed E-state index contributed by atoms with van der Waals surface area (Å²) in [5.41, 5.74) is 1.75. The van der Waals surface area contributed by atoms with E-state index in [2.05, 4.69) is 5.32 Å². The molecule has 28 heavy (non-hydrogen) atoms. The molecule has 1 aliphatic heterocycles. The highest BCUT2D eigenvalue weighted by Gasteiger charge is 2.32. The lowest BCUT2D eigenvalue weighted by Crippen LogP contribution is -2.25. The highest BCUT2D eigenvalue weighted by molar-refractivity contribution is 6.00. The number of non-ortho nitro benzene ring substituents is 1. The number of benzene rings is 3. The fourth-order valence-corrected chi connectivity index (χ4v) is 3.29. The number of ether oxygens (including phenoxy) is 2. The monoisotopic (exact) mass is 376 g/mol. The van der Waals surface area contributed by atoms with Crippen LogP contribution in [0.5, 0.6) is 17.2 Å². The molecule has 0 bridgehead atoms. The SMILES string of the molecule is COc1cc([N+](=O)[O-])ccc1NC(=O)C1c2ccccc2Oc2ccccc21. The highest BCUT2D eigenvalue weighted by atomic mass is 16.6. The van der Waals surface area contributed by atoms with E-state index in [9.17, 15) is 14.9 Å². The summed E-state index contributed by atoms with van der Waals surface area (Å²) in [6.07, 6.45) is 0. The van der Waals surface area contributed by atoms with E-state index >= 15 is 0 Å². The molecule has 140 valence electrons. The fraction of sp³-hybridized carbons (Fsp3) is 0.0952. The van der Waals surface area contributed by atoms with Gasteiger partial charge >= 0.3 is 0 Å². The maximum atomic E-state index is 13.2. The molecule has 0 unspecified atom stereocenters. The van der Waals surface area contributed by atoms with Crippen molar-refractivity contribution in [2.75, 3.05) is 12.4 Å². The lowest BCUT2D eigenvalue weighted by atomic mass is 9.87. The Morgan fingerprint density at radius 2 is 1.64 bits per heavy atom. The molecule has 3 aromatic rings. The topological polar surface area (TPSA) is 90.7 Å². The van der Waals surface area contributed by atoms with E-state index in [1.165, 1.54) is 25.3 Å². The normalized spacial score (nSPS) is 12.3. The van der Waals surface area contributed by atoms with E-state index in [0.29, 0.717) is 17.2 Å². The Morgan fingerprint density at radius 1 is 1.04 bits per heavy atom. The van der Waals surface area contributed by atoms with Crippen LogP contribution in [0.1, 0.15) is 17.0 Å². The molecule has 0 aliphatic carbocycles. The van der Waals surface area contributed by atoms with Gasteiger partial charge in [-0.2, -0.15) is 0 Å². The molecule has 0 saturated heterocycles. The van der Waals surface area contributed by atoms with Gasteiger partial charge in [-0.1, -0.05) is 36.4 Å². The van der Waals surface area contributed by atoms with Crippen LogP contribution in [0.2, 0.25) is 0 Å². The number of fused-ring (bicyclic) bond motifs is 2. The second kappa shape index (κ2) is 7.03. The molecule has 0 saturated carbocycles. The smallest absolute Gasteiger partial charge is 0.273 e. The third kappa shape index (κ3) is 3.03. The summed E-state index contributed by atoms with van der Waals surface area (Å²) in [7, 11) is 1.40. The molecule has 4 rings (SSSR count). The Bertz CT molecular complexity index is 1030. The fourth-order valence-electron chi connectivity index (χ4n) is 3.29. The van der Waals surface area contributed by atoms with Gasteiger partial charge in [-0.25, -0.2) is 0 Å². The van der Waals surface area contributed by atoms with E-state index in [-0.39, 0.29) is 17.3 Å². The number of carbonyl (C=O) groups excluding carboxylic acids is 1. The van der Waals surface area contributed by atoms with Crippen LogP contribution >= 0.6 is 0 Å². The van der Waals surface area contributed by atoms with Crippen LogP contribution in [-0.4, -0.2) is 17.9 Å². The molecule has 0 fully saturated rings. The van der Waals surface area contributed by atoms with Crippen LogP contribution in [0.25, 0.3) is 0 Å². The summed E-state index contributed by atoms with van der Waals surface area (Å²) in [5.74, 6) is 0.599. The van der Waals surface area contributed by atoms with Crippen LogP contribution in [0.15, 0.2) is 66.7 Å². The Labute approximate surface area is 160 Å². The van der Waals surface area contributed by atoms with Crippen molar-refractivity contribution in [1.82, 2.24) is 0 Å². The molecule has 7 nitrogen and oxygen atoms in total. The molecule has 3 aromatic carbocycles. The summed E-state index contributed by atoms with van der Waals surface area (Å²) in [6, 6.07) is 18.8. The first-order valence-electron chi connectivity index (χ1n) is 8.57. The van der Waals surface area contributed by atoms with Crippen molar-refractivity contribution >= 4 is 17.3 Å². The second-order valence-electron chi connectivity index (χ2n) is 6.24. The van der Waals surface area contributed by atoms with E-state index in [4.69, 9.17) is 9.47 Å². The molecule has 1 N–H and O–H groups in total. The lowest BCUT2D eigenvalue weighted by molar-refractivity contribution is -0.384. The lowest BCUT2D eigenvalue weighted by Gasteiger charge is -2.27. The number of nitro benzene ring substituents is 1. The summed E-state index contributed by atoms with van der Waals surface area (Å²) < 4.78 is 11.1. The van der Waals surface area contributed by atoms with Gasteiger partial charge in [0.2, 0.25) is 5.91 Å². The molecule has 0 aromatic heterocycles. The molecule has 0 radical (unpaired) electrons. The largest absolute Gasteiger partial charge is 0.494 e. The number of anilines is 1. The third-order valence-electron chi connectivity index (χ3n) is 4.60. The van der Waals surface area contributed by atoms with Crippen molar-refractivity contribution < 1.29 is 19.2 Å². The van der Waals surface area contributed by atoms with Crippen molar-refractivity contribution in [3.05, 3.63) is 88.0 Å². The van der Waals surface area contributed by atoms with Crippen molar-refractivity contribution in [2.24, 2.45) is 0 Å². The number of carbonyl (C=O) groups is 1. The van der Waals surface area contributed by atoms with Gasteiger partial charge in [-0.15, -0.1) is 0 Å². The number of nitrogens with one attached hydrogen (secondary N) is 1. The zero-order chi connectivity index (χ0) is 19.7. The van der Waals surface area contributed by atoms with E-state index in [1.807, 2.05) is 48.5 Å². The van der Waals surface area contributed by atoms with Gasteiger partial charge in [0.25, 0.3) is 5.69 Å². The molecule has 0 spiro atoms. The van der Waals surface area contributed by atoms with Crippen molar-refractivity contribution in [2.45, 2.75) is 5.92 Å². The number of nitro groups is 1. The first-order valence-corrected chi connectivity index (χ1v) is 8.57. The van der Waals surface area contributed by atoms with Gasteiger partial charge in [0, 0.05) is 17.2 Å². The summed E-state index contributed by atoms with van der Waals surface area (Å²) in [6.45, 7) is 0. The van der Waals surface area contributed by atoms with Crippen LogP contribution in [0.4, 0.5) is 11.4 Å².